The highest BCUT2D eigenvalue weighted by molar-refractivity contribution is 5.83. The fourth-order valence-electron chi connectivity index (χ4n) is 6.33. The SMILES string of the molecule is CCOC(=O)N1C[C@@H]2CC[C@H]1C[C@@H]2N1C[C@@H]2C(C(=O)N(CC)C3CC3)[C@H]2C1. The lowest BCUT2D eigenvalue weighted by atomic mass is 9.75. The molecule has 0 radical (unpaired) electrons. The Kier molecular flexibility index (Phi) is 4.37. The first-order chi connectivity index (χ1) is 13.1. The maximum absolute atomic E-state index is 12.9. The number of rotatable bonds is 5. The highest BCUT2D eigenvalue weighted by Crippen LogP contribution is 2.55. The molecule has 0 aromatic carbocycles. The van der Waals surface area contributed by atoms with Crippen LogP contribution in [0, 0.1) is 23.7 Å². The van der Waals surface area contributed by atoms with Crippen molar-refractivity contribution in [2.75, 3.05) is 32.8 Å². The van der Waals surface area contributed by atoms with Crippen molar-refractivity contribution in [2.45, 2.75) is 64.1 Å². The molecule has 3 aliphatic carbocycles. The van der Waals surface area contributed by atoms with Crippen molar-refractivity contribution in [2.24, 2.45) is 23.7 Å². The van der Waals surface area contributed by atoms with Gasteiger partial charge in [0.15, 0.2) is 0 Å². The summed E-state index contributed by atoms with van der Waals surface area (Å²) in [5.74, 6) is 2.50. The van der Waals surface area contributed by atoms with E-state index < -0.39 is 0 Å². The third-order valence-corrected chi connectivity index (χ3v) is 7.89. The summed E-state index contributed by atoms with van der Waals surface area (Å²) in [5.41, 5.74) is 0. The molecule has 3 heterocycles. The molecule has 3 aliphatic heterocycles. The minimum Gasteiger partial charge on any atom is -0.450 e. The number of carbonyl (C=O) groups is 2. The lowest BCUT2D eigenvalue weighted by Crippen LogP contribution is -2.60. The monoisotopic (exact) mass is 375 g/mol. The number of amides is 2. The first kappa shape index (κ1) is 17.8. The Morgan fingerprint density at radius 1 is 1.04 bits per heavy atom. The van der Waals surface area contributed by atoms with E-state index in [0.717, 1.165) is 39.0 Å². The molecule has 6 heteroatoms. The molecular weight excluding hydrogens is 342 g/mol. The molecular formula is C21H33N3O3. The molecule has 5 atom stereocenters. The number of fused-ring (bicyclic) bond motifs is 4. The van der Waals surface area contributed by atoms with Crippen LogP contribution in [-0.4, -0.2) is 77.6 Å². The van der Waals surface area contributed by atoms with Crippen LogP contribution in [0.3, 0.4) is 0 Å². The average molecular weight is 376 g/mol. The van der Waals surface area contributed by atoms with Gasteiger partial charge >= 0.3 is 6.09 Å². The van der Waals surface area contributed by atoms with Gasteiger partial charge in [-0.15, -0.1) is 0 Å². The molecule has 150 valence electrons. The zero-order valence-electron chi connectivity index (χ0n) is 16.7. The van der Waals surface area contributed by atoms with Gasteiger partial charge in [-0.3, -0.25) is 9.69 Å². The van der Waals surface area contributed by atoms with Crippen molar-refractivity contribution in [3.63, 3.8) is 0 Å². The second-order valence-electron chi connectivity index (χ2n) is 9.31. The Morgan fingerprint density at radius 3 is 2.33 bits per heavy atom. The highest BCUT2D eigenvalue weighted by Gasteiger charge is 2.62. The largest absolute Gasteiger partial charge is 0.450 e. The molecule has 3 saturated carbocycles. The van der Waals surface area contributed by atoms with Gasteiger partial charge in [0.2, 0.25) is 5.91 Å². The third kappa shape index (κ3) is 2.95. The van der Waals surface area contributed by atoms with Crippen LogP contribution < -0.4 is 0 Å². The van der Waals surface area contributed by atoms with Crippen molar-refractivity contribution in [3.8, 4) is 0 Å². The van der Waals surface area contributed by atoms with E-state index in [1.165, 1.54) is 19.3 Å². The summed E-state index contributed by atoms with van der Waals surface area (Å²) in [5, 5.41) is 0. The van der Waals surface area contributed by atoms with Gasteiger partial charge in [0.25, 0.3) is 0 Å². The van der Waals surface area contributed by atoms with Gasteiger partial charge in [0.05, 0.1) is 6.61 Å². The van der Waals surface area contributed by atoms with Crippen LogP contribution >= 0.6 is 0 Å². The first-order valence-corrected chi connectivity index (χ1v) is 11.1. The van der Waals surface area contributed by atoms with Crippen molar-refractivity contribution in [1.82, 2.24) is 14.7 Å². The first-order valence-electron chi connectivity index (χ1n) is 11.1. The summed E-state index contributed by atoms with van der Waals surface area (Å²) < 4.78 is 5.25. The van der Waals surface area contributed by atoms with Gasteiger partial charge in [0, 0.05) is 50.2 Å². The van der Waals surface area contributed by atoms with E-state index in [4.69, 9.17) is 4.74 Å². The molecule has 0 aromatic rings. The molecule has 2 amide bonds. The quantitative estimate of drug-likeness (QED) is 0.739. The van der Waals surface area contributed by atoms with Gasteiger partial charge in [-0.1, -0.05) is 0 Å². The number of ether oxygens (including phenoxy) is 1. The zero-order valence-corrected chi connectivity index (χ0v) is 16.7. The van der Waals surface area contributed by atoms with Crippen LogP contribution in [0.15, 0.2) is 0 Å². The van der Waals surface area contributed by atoms with Crippen molar-refractivity contribution < 1.29 is 14.3 Å². The Balaban J connectivity index is 1.17. The number of likely N-dealkylation sites (tertiary alicyclic amines) is 1. The van der Waals surface area contributed by atoms with Crippen LogP contribution in [0.25, 0.3) is 0 Å². The number of piperidine rings is 3. The van der Waals surface area contributed by atoms with Crippen LogP contribution in [0.2, 0.25) is 0 Å². The molecule has 0 aromatic heterocycles. The second-order valence-corrected chi connectivity index (χ2v) is 9.31. The van der Waals surface area contributed by atoms with Gasteiger partial charge in [-0.05, 0) is 63.7 Å². The van der Waals surface area contributed by atoms with E-state index >= 15 is 0 Å². The van der Waals surface area contributed by atoms with Crippen molar-refractivity contribution in [3.05, 3.63) is 0 Å². The summed E-state index contributed by atoms with van der Waals surface area (Å²) in [4.78, 5) is 31.8. The highest BCUT2D eigenvalue weighted by atomic mass is 16.6. The summed E-state index contributed by atoms with van der Waals surface area (Å²) >= 11 is 0. The molecule has 2 bridgehead atoms. The maximum Gasteiger partial charge on any atom is 0.410 e. The summed E-state index contributed by atoms with van der Waals surface area (Å²) in [6.07, 6.45) is 5.72. The normalized spacial score (nSPS) is 40.0. The standard InChI is InChI=1S/C21H33N3O3/c1-3-23(14-7-8-14)20(25)19-16-11-22(12-17(16)19)18-9-15-6-5-13(18)10-24(15)21(26)27-4-2/h13-19H,3-12H2,1-2H3/t13-,15-,16-,17-,18-/m0/s1. The lowest BCUT2D eigenvalue weighted by Gasteiger charge is -2.51. The molecule has 6 rings (SSSR count). The fraction of sp³-hybridized carbons (Fsp3) is 0.905. The topological polar surface area (TPSA) is 53.1 Å². The lowest BCUT2D eigenvalue weighted by molar-refractivity contribution is -0.134. The van der Waals surface area contributed by atoms with Crippen LogP contribution in [0.5, 0.6) is 0 Å². The van der Waals surface area contributed by atoms with E-state index in [1.54, 1.807) is 0 Å². The zero-order chi connectivity index (χ0) is 18.7. The van der Waals surface area contributed by atoms with Crippen molar-refractivity contribution >= 4 is 12.0 Å². The summed E-state index contributed by atoms with van der Waals surface area (Å²) in [6.45, 7) is 8.37. The molecule has 0 N–H and O–H groups in total. The molecule has 0 unspecified atom stereocenters. The molecule has 3 saturated heterocycles. The molecule has 6 nitrogen and oxygen atoms in total. The smallest absolute Gasteiger partial charge is 0.410 e. The molecule has 27 heavy (non-hydrogen) atoms. The predicted molar refractivity (Wildman–Crippen MR) is 101 cm³/mol. The average Bonchev–Trinajstić information content (AvgIpc) is 3.60. The summed E-state index contributed by atoms with van der Waals surface area (Å²) in [6, 6.07) is 1.49. The van der Waals surface area contributed by atoms with E-state index in [-0.39, 0.29) is 6.09 Å². The van der Waals surface area contributed by atoms with E-state index in [2.05, 4.69) is 16.7 Å². The Bertz CT molecular complexity index is 610. The second kappa shape index (κ2) is 6.64. The summed E-state index contributed by atoms with van der Waals surface area (Å²) in [7, 11) is 0. The number of hydrogen-bond acceptors (Lipinski definition) is 4. The molecule has 6 aliphatic rings. The molecule has 6 fully saturated rings. The number of hydrogen-bond donors (Lipinski definition) is 0. The Morgan fingerprint density at radius 2 is 1.78 bits per heavy atom. The minimum atomic E-state index is -0.125. The van der Waals surface area contributed by atoms with E-state index in [9.17, 15) is 9.59 Å². The van der Waals surface area contributed by atoms with Crippen molar-refractivity contribution in [1.29, 1.82) is 0 Å². The van der Waals surface area contributed by atoms with Gasteiger partial charge < -0.3 is 14.5 Å². The van der Waals surface area contributed by atoms with Gasteiger partial charge in [-0.25, -0.2) is 4.79 Å². The Hall–Kier alpha value is -1.30. The Labute approximate surface area is 162 Å². The fourth-order valence-corrected chi connectivity index (χ4v) is 6.33. The van der Waals surface area contributed by atoms with E-state index in [1.807, 2.05) is 11.8 Å². The van der Waals surface area contributed by atoms with Gasteiger partial charge in [0.1, 0.15) is 0 Å². The van der Waals surface area contributed by atoms with Crippen LogP contribution in [-0.2, 0) is 9.53 Å². The minimum absolute atomic E-state index is 0.125. The molecule has 0 spiro atoms. The van der Waals surface area contributed by atoms with Crippen LogP contribution in [0.4, 0.5) is 4.79 Å². The number of carbonyl (C=O) groups excluding carboxylic acids is 2. The van der Waals surface area contributed by atoms with Crippen LogP contribution in [0.1, 0.15) is 46.0 Å². The third-order valence-electron chi connectivity index (χ3n) is 7.89. The van der Waals surface area contributed by atoms with Gasteiger partial charge in [-0.2, -0.15) is 0 Å². The predicted octanol–water partition coefficient (Wildman–Crippen LogP) is 2.18. The number of nitrogens with zero attached hydrogens (tertiary/aromatic N) is 3. The maximum atomic E-state index is 12.9. The van der Waals surface area contributed by atoms with E-state index in [0.29, 0.717) is 54.3 Å².